The van der Waals surface area contributed by atoms with Gasteiger partial charge < -0.3 is 10.1 Å². The Bertz CT molecular complexity index is 362. The van der Waals surface area contributed by atoms with E-state index in [1.807, 2.05) is 6.92 Å². The minimum atomic E-state index is 0.180. The zero-order valence-electron chi connectivity index (χ0n) is 10.3. The summed E-state index contributed by atoms with van der Waals surface area (Å²) in [5, 5.41) is 11.1. The largest absolute Gasteiger partial charge is 0.381 e. The van der Waals surface area contributed by atoms with Gasteiger partial charge in [0.25, 0.3) is 0 Å². The molecule has 0 spiro atoms. The fraction of sp³-hybridized carbons (Fsp3) is 0.818. The lowest BCUT2D eigenvalue weighted by Gasteiger charge is -2.51. The SMILES string of the molecule is COC1CC(NCc2nonc2C)C1(C)C. The van der Waals surface area contributed by atoms with E-state index in [0.717, 1.165) is 17.8 Å². The number of aromatic nitrogens is 2. The van der Waals surface area contributed by atoms with Crippen molar-refractivity contribution in [3.63, 3.8) is 0 Å². The number of nitrogens with zero attached hydrogens (tertiary/aromatic N) is 2. The molecule has 5 nitrogen and oxygen atoms in total. The lowest BCUT2D eigenvalue weighted by molar-refractivity contribution is -0.0980. The number of methoxy groups -OCH3 is 1. The average Bonchev–Trinajstić information content (AvgIpc) is 2.63. The Morgan fingerprint density at radius 3 is 2.75 bits per heavy atom. The number of aryl methyl sites for hydroxylation is 1. The van der Waals surface area contributed by atoms with E-state index in [1.54, 1.807) is 7.11 Å². The molecule has 0 saturated heterocycles. The van der Waals surface area contributed by atoms with Gasteiger partial charge in [0.2, 0.25) is 0 Å². The zero-order valence-corrected chi connectivity index (χ0v) is 10.3. The molecule has 0 bridgehead atoms. The molecule has 1 fully saturated rings. The van der Waals surface area contributed by atoms with Crippen molar-refractivity contribution in [2.45, 2.75) is 45.9 Å². The monoisotopic (exact) mass is 225 g/mol. The van der Waals surface area contributed by atoms with Crippen LogP contribution >= 0.6 is 0 Å². The molecule has 2 rings (SSSR count). The molecule has 1 aromatic rings. The fourth-order valence-corrected chi connectivity index (χ4v) is 2.26. The van der Waals surface area contributed by atoms with Gasteiger partial charge in [-0.25, -0.2) is 4.63 Å². The first kappa shape index (κ1) is 11.5. The van der Waals surface area contributed by atoms with Gasteiger partial charge >= 0.3 is 0 Å². The summed E-state index contributed by atoms with van der Waals surface area (Å²) in [5.74, 6) is 0. The Labute approximate surface area is 95.5 Å². The van der Waals surface area contributed by atoms with E-state index >= 15 is 0 Å². The van der Waals surface area contributed by atoms with Crippen molar-refractivity contribution in [3.8, 4) is 0 Å². The molecule has 0 aliphatic heterocycles. The minimum absolute atomic E-state index is 0.180. The summed E-state index contributed by atoms with van der Waals surface area (Å²) < 4.78 is 10.1. The molecule has 0 aromatic carbocycles. The van der Waals surface area contributed by atoms with Crippen molar-refractivity contribution >= 4 is 0 Å². The standard InChI is InChI=1S/C11H19N3O2/c1-7-8(14-16-13-7)6-12-9-5-10(15-4)11(9,2)3/h9-10,12H,5-6H2,1-4H3. The second-order valence-electron chi connectivity index (χ2n) is 5.01. The van der Waals surface area contributed by atoms with Crippen LogP contribution in [0.15, 0.2) is 4.63 Å². The highest BCUT2D eigenvalue weighted by Crippen LogP contribution is 2.42. The number of ether oxygens (including phenoxy) is 1. The Morgan fingerprint density at radius 2 is 2.25 bits per heavy atom. The van der Waals surface area contributed by atoms with Crippen LogP contribution in [0.1, 0.15) is 31.7 Å². The van der Waals surface area contributed by atoms with Crippen LogP contribution < -0.4 is 5.32 Å². The molecule has 1 aromatic heterocycles. The molecule has 0 radical (unpaired) electrons. The predicted molar refractivity (Wildman–Crippen MR) is 58.9 cm³/mol. The average molecular weight is 225 g/mol. The summed E-state index contributed by atoms with van der Waals surface area (Å²) >= 11 is 0. The first-order chi connectivity index (χ1) is 7.55. The Morgan fingerprint density at radius 1 is 1.50 bits per heavy atom. The van der Waals surface area contributed by atoms with Gasteiger partial charge in [-0.2, -0.15) is 0 Å². The van der Waals surface area contributed by atoms with Crippen LogP contribution in [0.5, 0.6) is 0 Å². The summed E-state index contributed by atoms with van der Waals surface area (Å²) in [7, 11) is 1.77. The molecule has 90 valence electrons. The number of rotatable bonds is 4. The van der Waals surface area contributed by atoms with Gasteiger partial charge in [0.15, 0.2) is 0 Å². The maximum atomic E-state index is 5.41. The van der Waals surface area contributed by atoms with E-state index in [9.17, 15) is 0 Å². The summed E-state index contributed by atoms with van der Waals surface area (Å²) in [4.78, 5) is 0. The predicted octanol–water partition coefficient (Wildman–Crippen LogP) is 1.28. The molecule has 2 atom stereocenters. The lowest BCUT2D eigenvalue weighted by Crippen LogP contribution is -2.60. The number of nitrogens with one attached hydrogen (secondary N) is 1. The van der Waals surface area contributed by atoms with Crippen molar-refractivity contribution in [1.82, 2.24) is 15.6 Å². The molecule has 1 saturated carbocycles. The van der Waals surface area contributed by atoms with Crippen LogP contribution in [-0.2, 0) is 11.3 Å². The Hall–Kier alpha value is -0.940. The lowest BCUT2D eigenvalue weighted by atomic mass is 9.64. The van der Waals surface area contributed by atoms with Gasteiger partial charge in [0.1, 0.15) is 11.4 Å². The minimum Gasteiger partial charge on any atom is -0.381 e. The molecule has 0 amide bonds. The highest BCUT2D eigenvalue weighted by atomic mass is 16.6. The van der Waals surface area contributed by atoms with Crippen LogP contribution in [0, 0.1) is 12.3 Å². The third-order valence-corrected chi connectivity index (χ3v) is 3.72. The van der Waals surface area contributed by atoms with Crippen molar-refractivity contribution in [2.24, 2.45) is 5.41 Å². The van der Waals surface area contributed by atoms with E-state index in [0.29, 0.717) is 18.7 Å². The fourth-order valence-electron chi connectivity index (χ4n) is 2.26. The maximum Gasteiger partial charge on any atom is 0.121 e. The molecule has 1 aliphatic carbocycles. The van der Waals surface area contributed by atoms with Crippen molar-refractivity contribution in [1.29, 1.82) is 0 Å². The van der Waals surface area contributed by atoms with Gasteiger partial charge in [-0.05, 0) is 13.3 Å². The number of hydrogen-bond donors (Lipinski definition) is 1. The molecule has 16 heavy (non-hydrogen) atoms. The van der Waals surface area contributed by atoms with E-state index < -0.39 is 0 Å². The van der Waals surface area contributed by atoms with Gasteiger partial charge in [0.05, 0.1) is 6.10 Å². The van der Waals surface area contributed by atoms with Crippen LogP contribution in [0.4, 0.5) is 0 Å². The molecular weight excluding hydrogens is 206 g/mol. The first-order valence-electron chi connectivity index (χ1n) is 5.60. The van der Waals surface area contributed by atoms with Crippen LogP contribution in [0.2, 0.25) is 0 Å². The molecule has 1 N–H and O–H groups in total. The summed E-state index contributed by atoms with van der Waals surface area (Å²) in [5.41, 5.74) is 1.92. The van der Waals surface area contributed by atoms with Crippen molar-refractivity contribution < 1.29 is 9.37 Å². The van der Waals surface area contributed by atoms with E-state index in [-0.39, 0.29) is 5.41 Å². The van der Waals surface area contributed by atoms with Gasteiger partial charge in [-0.15, -0.1) is 0 Å². The summed E-state index contributed by atoms with van der Waals surface area (Å²) in [6.45, 7) is 7.05. The van der Waals surface area contributed by atoms with Crippen LogP contribution in [0.3, 0.4) is 0 Å². The van der Waals surface area contributed by atoms with Gasteiger partial charge in [0, 0.05) is 25.1 Å². The summed E-state index contributed by atoms with van der Waals surface area (Å²) in [6.07, 6.45) is 1.40. The molecule has 1 heterocycles. The van der Waals surface area contributed by atoms with E-state index in [1.165, 1.54) is 0 Å². The maximum absolute atomic E-state index is 5.41. The van der Waals surface area contributed by atoms with E-state index in [4.69, 9.17) is 4.74 Å². The highest BCUT2D eigenvalue weighted by molar-refractivity contribution is 5.07. The topological polar surface area (TPSA) is 60.2 Å². The summed E-state index contributed by atoms with van der Waals surface area (Å²) in [6, 6.07) is 0.466. The quantitative estimate of drug-likeness (QED) is 0.836. The molecular formula is C11H19N3O2. The number of hydrogen-bond acceptors (Lipinski definition) is 5. The van der Waals surface area contributed by atoms with Gasteiger partial charge in [-0.1, -0.05) is 24.2 Å². The Balaban J connectivity index is 1.87. The van der Waals surface area contributed by atoms with Crippen molar-refractivity contribution in [2.75, 3.05) is 7.11 Å². The molecule has 1 aliphatic rings. The third-order valence-electron chi connectivity index (χ3n) is 3.72. The van der Waals surface area contributed by atoms with Crippen LogP contribution in [-0.4, -0.2) is 29.6 Å². The van der Waals surface area contributed by atoms with Crippen LogP contribution in [0.25, 0.3) is 0 Å². The van der Waals surface area contributed by atoms with Crippen molar-refractivity contribution in [3.05, 3.63) is 11.4 Å². The second kappa shape index (κ2) is 4.14. The molecule has 2 unspecified atom stereocenters. The van der Waals surface area contributed by atoms with E-state index in [2.05, 4.69) is 34.1 Å². The Kier molecular flexibility index (Phi) is 2.99. The normalized spacial score (nSPS) is 27.8. The van der Waals surface area contributed by atoms with Gasteiger partial charge in [-0.3, -0.25) is 0 Å². The zero-order chi connectivity index (χ0) is 11.8. The molecule has 5 heteroatoms. The third kappa shape index (κ3) is 1.85. The smallest absolute Gasteiger partial charge is 0.121 e. The first-order valence-corrected chi connectivity index (χ1v) is 5.60. The highest BCUT2D eigenvalue weighted by Gasteiger charge is 2.48. The second-order valence-corrected chi connectivity index (χ2v) is 5.01.